The minimum absolute atomic E-state index is 0.0854. The van der Waals surface area contributed by atoms with Crippen molar-refractivity contribution in [2.75, 3.05) is 38.1 Å². The van der Waals surface area contributed by atoms with Gasteiger partial charge in [0.05, 0.1) is 29.7 Å². The van der Waals surface area contributed by atoms with Crippen LogP contribution in [0.5, 0.6) is 0 Å². The van der Waals surface area contributed by atoms with Crippen molar-refractivity contribution in [2.45, 2.75) is 49.6 Å². The zero-order valence-electron chi connectivity index (χ0n) is 22.7. The lowest BCUT2D eigenvalue weighted by molar-refractivity contribution is -0.144. The van der Waals surface area contributed by atoms with E-state index in [1.54, 1.807) is 16.4 Å². The van der Waals surface area contributed by atoms with Gasteiger partial charge in [-0.3, -0.25) is 9.69 Å². The second-order valence-electron chi connectivity index (χ2n) is 10.9. The van der Waals surface area contributed by atoms with Gasteiger partial charge in [0.1, 0.15) is 0 Å². The van der Waals surface area contributed by atoms with Gasteiger partial charge in [-0.2, -0.15) is 4.31 Å². The molecule has 3 aromatic rings. The Kier molecular flexibility index (Phi) is 8.19. The van der Waals surface area contributed by atoms with Gasteiger partial charge in [-0.05, 0) is 69.5 Å². The number of nitrogens with one attached hydrogen (secondary N) is 1. The number of hydrogen-bond donors (Lipinski definition) is 1. The van der Waals surface area contributed by atoms with Gasteiger partial charge in [-0.25, -0.2) is 8.42 Å². The quantitative estimate of drug-likeness (QED) is 0.474. The number of piperidine rings is 1. The fourth-order valence-corrected chi connectivity index (χ4v) is 7.29. The van der Waals surface area contributed by atoms with Crippen LogP contribution in [0, 0.1) is 13.8 Å². The summed E-state index contributed by atoms with van der Waals surface area (Å²) in [4.78, 5) is 15.2. The molecule has 0 bridgehead atoms. The Morgan fingerprint density at radius 2 is 1.62 bits per heavy atom. The normalized spacial score (nSPS) is 22.6. The highest BCUT2D eigenvalue weighted by molar-refractivity contribution is 7.89. The summed E-state index contributed by atoms with van der Waals surface area (Å²) in [6.45, 7) is 6.04. The summed E-state index contributed by atoms with van der Waals surface area (Å²) < 4.78 is 36.2. The topological polar surface area (TPSA) is 79.0 Å². The molecule has 1 unspecified atom stereocenters. The molecule has 1 spiro atoms. The molecule has 206 valence electrons. The van der Waals surface area contributed by atoms with Crippen LogP contribution in [0.1, 0.15) is 29.5 Å². The number of carbonyl (C=O) groups is 1. The van der Waals surface area contributed by atoms with E-state index in [0.717, 1.165) is 41.8 Å². The minimum Gasteiger partial charge on any atom is -0.371 e. The fraction of sp³-hybridized carbons (Fsp3) is 0.387. The number of carbonyl (C=O) groups excluding carboxylic acids is 1. The van der Waals surface area contributed by atoms with E-state index in [1.807, 2.05) is 80.6 Å². The number of benzene rings is 3. The zero-order valence-corrected chi connectivity index (χ0v) is 23.5. The third kappa shape index (κ3) is 6.58. The van der Waals surface area contributed by atoms with Gasteiger partial charge in [-0.15, -0.1) is 0 Å². The molecule has 2 fully saturated rings. The Balaban J connectivity index is 1.34. The summed E-state index contributed by atoms with van der Waals surface area (Å²) in [5.74, 6) is -0.0854. The molecule has 2 aliphatic heterocycles. The van der Waals surface area contributed by atoms with Gasteiger partial charge in [0.2, 0.25) is 15.9 Å². The smallest absolute Gasteiger partial charge is 0.243 e. The molecule has 39 heavy (non-hydrogen) atoms. The molecule has 1 amide bonds. The molecule has 0 aromatic heterocycles. The number of anilines is 1. The Morgan fingerprint density at radius 3 is 2.31 bits per heavy atom. The van der Waals surface area contributed by atoms with E-state index in [2.05, 4.69) is 10.2 Å². The van der Waals surface area contributed by atoms with Gasteiger partial charge >= 0.3 is 0 Å². The average molecular weight is 548 g/mol. The minimum atomic E-state index is -3.75. The second-order valence-corrected chi connectivity index (χ2v) is 12.8. The Labute approximate surface area is 231 Å². The van der Waals surface area contributed by atoms with Crippen molar-refractivity contribution in [3.8, 4) is 0 Å². The summed E-state index contributed by atoms with van der Waals surface area (Å²) in [7, 11) is -3.75. The Hall–Kier alpha value is -3.04. The largest absolute Gasteiger partial charge is 0.371 e. The summed E-state index contributed by atoms with van der Waals surface area (Å²) in [5, 5.41) is 2.97. The zero-order chi connectivity index (χ0) is 27.5. The first-order chi connectivity index (χ1) is 18.7. The molecule has 2 heterocycles. The number of rotatable bonds is 7. The van der Waals surface area contributed by atoms with Crippen molar-refractivity contribution in [3.05, 3.63) is 95.6 Å². The van der Waals surface area contributed by atoms with E-state index >= 15 is 0 Å². The Bertz CT molecular complexity index is 1380. The number of sulfonamides is 1. The number of nitrogens with zero attached hydrogens (tertiary/aromatic N) is 2. The standard InChI is InChI=1S/C31H37N3O4S/c1-24-9-13-27(14-10-24)32-30(35)20-33-18-6-17-31(22-33)23-34(39(36,37)29-15-11-25(2)12-16-29)28(21-38-31)19-26-7-4-3-5-8-26/h3-5,7-16,28H,6,17-23H2,1-2H3,(H,32,35)/t28-,31?/m0/s1. The summed E-state index contributed by atoms with van der Waals surface area (Å²) in [6, 6.07) is 24.4. The number of morpholine rings is 1. The molecule has 8 heteroatoms. The molecule has 1 N–H and O–H groups in total. The highest BCUT2D eigenvalue weighted by Crippen LogP contribution is 2.35. The molecule has 5 rings (SSSR count). The van der Waals surface area contributed by atoms with E-state index in [9.17, 15) is 13.2 Å². The second kappa shape index (κ2) is 11.6. The number of hydrogen-bond acceptors (Lipinski definition) is 5. The fourth-order valence-electron chi connectivity index (χ4n) is 5.60. The predicted octanol–water partition coefficient (Wildman–Crippen LogP) is 4.41. The van der Waals surface area contributed by atoms with Crippen LogP contribution >= 0.6 is 0 Å². The van der Waals surface area contributed by atoms with E-state index < -0.39 is 15.6 Å². The average Bonchev–Trinajstić information content (AvgIpc) is 2.92. The SMILES string of the molecule is Cc1ccc(NC(=O)CN2CCCC3(C2)CN(S(=O)(=O)c2ccc(C)cc2)[C@@H](Cc2ccccc2)CO3)cc1. The van der Waals surface area contributed by atoms with E-state index in [1.165, 1.54) is 0 Å². The molecular weight excluding hydrogens is 510 g/mol. The lowest BCUT2D eigenvalue weighted by Gasteiger charge is -2.50. The van der Waals surface area contributed by atoms with Crippen molar-refractivity contribution in [1.82, 2.24) is 9.21 Å². The molecule has 2 atom stereocenters. The third-order valence-electron chi connectivity index (χ3n) is 7.70. The Morgan fingerprint density at radius 1 is 0.949 bits per heavy atom. The van der Waals surface area contributed by atoms with Crippen LogP contribution in [0.3, 0.4) is 0 Å². The van der Waals surface area contributed by atoms with Crippen molar-refractivity contribution >= 4 is 21.6 Å². The molecule has 7 nitrogen and oxygen atoms in total. The predicted molar refractivity (Wildman–Crippen MR) is 153 cm³/mol. The summed E-state index contributed by atoms with van der Waals surface area (Å²) >= 11 is 0. The molecule has 0 radical (unpaired) electrons. The first kappa shape index (κ1) is 27.5. The van der Waals surface area contributed by atoms with Crippen LogP contribution in [0.4, 0.5) is 5.69 Å². The maximum atomic E-state index is 14.0. The van der Waals surface area contributed by atoms with Crippen LogP contribution in [0.2, 0.25) is 0 Å². The number of likely N-dealkylation sites (tertiary alicyclic amines) is 1. The van der Waals surface area contributed by atoms with Crippen molar-refractivity contribution in [1.29, 1.82) is 0 Å². The van der Waals surface area contributed by atoms with Gasteiger partial charge in [0.15, 0.2) is 0 Å². The van der Waals surface area contributed by atoms with Crippen LogP contribution < -0.4 is 5.32 Å². The van der Waals surface area contributed by atoms with Gasteiger partial charge in [0, 0.05) is 18.8 Å². The lowest BCUT2D eigenvalue weighted by Crippen LogP contribution is -2.64. The molecule has 2 aliphatic rings. The van der Waals surface area contributed by atoms with Gasteiger partial charge < -0.3 is 10.1 Å². The van der Waals surface area contributed by atoms with Crippen LogP contribution in [0.25, 0.3) is 0 Å². The molecular formula is C31H37N3O4S. The molecule has 2 saturated heterocycles. The summed E-state index contributed by atoms with van der Waals surface area (Å²) in [5.41, 5.74) is 3.33. The van der Waals surface area contributed by atoms with E-state index in [4.69, 9.17) is 4.74 Å². The maximum Gasteiger partial charge on any atom is 0.243 e. The highest BCUT2D eigenvalue weighted by atomic mass is 32.2. The summed E-state index contributed by atoms with van der Waals surface area (Å²) in [6.07, 6.45) is 2.16. The van der Waals surface area contributed by atoms with E-state index in [-0.39, 0.29) is 25.0 Å². The van der Waals surface area contributed by atoms with Gasteiger partial charge in [-0.1, -0.05) is 65.7 Å². The third-order valence-corrected chi connectivity index (χ3v) is 9.61. The van der Waals surface area contributed by atoms with Gasteiger partial charge in [0.25, 0.3) is 0 Å². The first-order valence-electron chi connectivity index (χ1n) is 13.6. The van der Waals surface area contributed by atoms with Crippen molar-refractivity contribution < 1.29 is 17.9 Å². The van der Waals surface area contributed by atoms with Crippen molar-refractivity contribution in [2.24, 2.45) is 0 Å². The first-order valence-corrected chi connectivity index (χ1v) is 15.0. The number of ether oxygens (including phenoxy) is 1. The highest BCUT2D eigenvalue weighted by Gasteiger charge is 2.47. The van der Waals surface area contributed by atoms with E-state index in [0.29, 0.717) is 24.5 Å². The monoisotopic (exact) mass is 547 g/mol. The number of aryl methyl sites for hydroxylation is 2. The van der Waals surface area contributed by atoms with Crippen LogP contribution in [0.15, 0.2) is 83.8 Å². The van der Waals surface area contributed by atoms with Crippen LogP contribution in [-0.2, 0) is 26.0 Å². The van der Waals surface area contributed by atoms with Crippen LogP contribution in [-0.4, -0.2) is 68.0 Å². The molecule has 3 aromatic carbocycles. The number of amides is 1. The lowest BCUT2D eigenvalue weighted by atomic mass is 9.90. The van der Waals surface area contributed by atoms with Crippen molar-refractivity contribution in [3.63, 3.8) is 0 Å². The molecule has 0 aliphatic carbocycles. The maximum absolute atomic E-state index is 14.0. The molecule has 0 saturated carbocycles.